The molecule has 6 nitrogen and oxygen atoms in total. The minimum absolute atomic E-state index is 0.152. The molecule has 0 radical (unpaired) electrons. The fourth-order valence-electron chi connectivity index (χ4n) is 1.89. The van der Waals surface area contributed by atoms with Gasteiger partial charge in [0.25, 0.3) is 5.91 Å². The van der Waals surface area contributed by atoms with Crippen LogP contribution in [0.15, 0.2) is 6.20 Å². The van der Waals surface area contributed by atoms with Crippen molar-refractivity contribution in [2.45, 2.75) is 46.1 Å². The number of nitrogens with zero attached hydrogens (tertiary/aromatic N) is 3. The Morgan fingerprint density at radius 2 is 2.10 bits per heavy atom. The highest BCUT2D eigenvalue weighted by Gasteiger charge is 2.20. The van der Waals surface area contributed by atoms with E-state index in [-0.39, 0.29) is 18.4 Å². The van der Waals surface area contributed by atoms with Gasteiger partial charge in [0, 0.05) is 26.1 Å². The molecule has 1 aromatic heterocycles. The Bertz CT molecular complexity index is 475. The summed E-state index contributed by atoms with van der Waals surface area (Å²) in [6.45, 7) is 8.71. The molecule has 1 atom stereocenters. The van der Waals surface area contributed by atoms with Crippen LogP contribution in [0, 0.1) is 0 Å². The maximum Gasteiger partial charge on any atom is 0.274 e. The Balaban J connectivity index is 3.09. The van der Waals surface area contributed by atoms with E-state index < -0.39 is 6.10 Å². The molecule has 1 rings (SSSR count). The molecule has 0 aliphatic carbocycles. The monoisotopic (exact) mass is 294 g/mol. The summed E-state index contributed by atoms with van der Waals surface area (Å²) < 4.78 is 0. The van der Waals surface area contributed by atoms with E-state index in [4.69, 9.17) is 0 Å². The van der Waals surface area contributed by atoms with E-state index in [9.17, 15) is 9.90 Å². The standard InChI is InChI=1S/C15H26N4O2/c1-6-7-16-12-8-17-14(10(2)3)18-13(12)15(21)19(5)9-11(4)20/h8,10-11,16,20H,6-7,9H2,1-5H3. The van der Waals surface area contributed by atoms with E-state index in [2.05, 4.69) is 22.2 Å². The minimum atomic E-state index is -0.572. The molecule has 1 amide bonds. The van der Waals surface area contributed by atoms with Gasteiger partial charge < -0.3 is 15.3 Å². The Morgan fingerprint density at radius 3 is 2.62 bits per heavy atom. The molecule has 0 saturated heterocycles. The number of likely N-dealkylation sites (N-methyl/N-ethyl adjacent to an activating group) is 1. The first kappa shape index (κ1) is 17.4. The molecule has 1 heterocycles. The van der Waals surface area contributed by atoms with Crippen LogP contribution in [0.3, 0.4) is 0 Å². The Morgan fingerprint density at radius 1 is 1.43 bits per heavy atom. The molecule has 0 aliphatic heterocycles. The van der Waals surface area contributed by atoms with Crippen LogP contribution in [0.25, 0.3) is 0 Å². The van der Waals surface area contributed by atoms with Gasteiger partial charge in [-0.3, -0.25) is 4.79 Å². The number of carbonyl (C=O) groups is 1. The SMILES string of the molecule is CCCNc1cnc(C(C)C)nc1C(=O)N(C)CC(C)O. The van der Waals surface area contributed by atoms with E-state index in [1.807, 2.05) is 13.8 Å². The third-order valence-electron chi connectivity index (χ3n) is 2.98. The summed E-state index contributed by atoms with van der Waals surface area (Å²) in [6.07, 6.45) is 2.04. The largest absolute Gasteiger partial charge is 0.392 e. The van der Waals surface area contributed by atoms with Crippen LogP contribution in [0.1, 0.15) is 56.3 Å². The van der Waals surface area contributed by atoms with E-state index in [0.29, 0.717) is 17.2 Å². The molecule has 0 saturated carbocycles. The summed E-state index contributed by atoms with van der Waals surface area (Å²) in [4.78, 5) is 22.7. The van der Waals surface area contributed by atoms with Crippen LogP contribution >= 0.6 is 0 Å². The zero-order chi connectivity index (χ0) is 16.0. The second kappa shape index (κ2) is 7.93. The van der Waals surface area contributed by atoms with Crippen molar-refractivity contribution in [2.75, 3.05) is 25.5 Å². The van der Waals surface area contributed by atoms with Gasteiger partial charge in [-0.05, 0) is 13.3 Å². The zero-order valence-electron chi connectivity index (χ0n) is 13.6. The van der Waals surface area contributed by atoms with Crippen molar-refractivity contribution in [3.8, 4) is 0 Å². The number of hydrogen-bond donors (Lipinski definition) is 2. The van der Waals surface area contributed by atoms with Crippen molar-refractivity contribution in [3.05, 3.63) is 17.7 Å². The van der Waals surface area contributed by atoms with Gasteiger partial charge in [-0.1, -0.05) is 20.8 Å². The van der Waals surface area contributed by atoms with Crippen molar-refractivity contribution in [3.63, 3.8) is 0 Å². The highest BCUT2D eigenvalue weighted by Crippen LogP contribution is 2.18. The maximum absolute atomic E-state index is 12.5. The first-order valence-electron chi connectivity index (χ1n) is 7.41. The Kier molecular flexibility index (Phi) is 6.55. The van der Waals surface area contributed by atoms with Crippen molar-refractivity contribution in [2.24, 2.45) is 0 Å². The first-order chi connectivity index (χ1) is 9.86. The van der Waals surface area contributed by atoms with Gasteiger partial charge in [-0.15, -0.1) is 0 Å². The van der Waals surface area contributed by atoms with Crippen molar-refractivity contribution in [1.29, 1.82) is 0 Å². The first-order valence-corrected chi connectivity index (χ1v) is 7.41. The minimum Gasteiger partial charge on any atom is -0.392 e. The normalized spacial score (nSPS) is 12.3. The quantitative estimate of drug-likeness (QED) is 0.802. The molecule has 0 spiro atoms. The molecule has 0 aromatic carbocycles. The van der Waals surface area contributed by atoms with Crippen LogP contribution in [0.5, 0.6) is 0 Å². The number of aliphatic hydroxyl groups excluding tert-OH is 1. The van der Waals surface area contributed by atoms with Crippen LogP contribution in [0.2, 0.25) is 0 Å². The van der Waals surface area contributed by atoms with E-state index in [0.717, 1.165) is 13.0 Å². The number of rotatable bonds is 7. The fraction of sp³-hybridized carbons (Fsp3) is 0.667. The molecule has 1 aromatic rings. The van der Waals surface area contributed by atoms with Crippen molar-refractivity contribution < 1.29 is 9.90 Å². The van der Waals surface area contributed by atoms with Gasteiger partial charge in [-0.25, -0.2) is 9.97 Å². The number of hydrogen-bond acceptors (Lipinski definition) is 5. The molecule has 6 heteroatoms. The number of aromatic nitrogens is 2. The summed E-state index contributed by atoms with van der Waals surface area (Å²) in [7, 11) is 1.66. The van der Waals surface area contributed by atoms with Crippen LogP contribution in [0.4, 0.5) is 5.69 Å². The molecule has 0 aliphatic rings. The van der Waals surface area contributed by atoms with Crippen molar-refractivity contribution in [1.82, 2.24) is 14.9 Å². The number of amides is 1. The molecule has 0 bridgehead atoms. The van der Waals surface area contributed by atoms with E-state index in [1.165, 1.54) is 4.90 Å². The summed E-state index contributed by atoms with van der Waals surface area (Å²) in [6, 6.07) is 0. The number of nitrogens with one attached hydrogen (secondary N) is 1. The molecule has 2 N–H and O–H groups in total. The average molecular weight is 294 g/mol. The van der Waals surface area contributed by atoms with Crippen LogP contribution in [-0.4, -0.2) is 52.1 Å². The number of carbonyl (C=O) groups excluding carboxylic acids is 1. The Hall–Kier alpha value is -1.69. The summed E-state index contributed by atoms with van der Waals surface area (Å²) in [5.41, 5.74) is 1.01. The lowest BCUT2D eigenvalue weighted by molar-refractivity contribution is 0.0698. The predicted molar refractivity (Wildman–Crippen MR) is 83.5 cm³/mol. The van der Waals surface area contributed by atoms with E-state index in [1.54, 1.807) is 20.2 Å². The van der Waals surface area contributed by atoms with Gasteiger partial charge in [0.1, 0.15) is 5.82 Å². The van der Waals surface area contributed by atoms with Gasteiger partial charge in [-0.2, -0.15) is 0 Å². The second-order valence-electron chi connectivity index (χ2n) is 5.61. The lowest BCUT2D eigenvalue weighted by atomic mass is 10.2. The van der Waals surface area contributed by atoms with Gasteiger partial charge >= 0.3 is 0 Å². The zero-order valence-corrected chi connectivity index (χ0v) is 13.6. The molecule has 21 heavy (non-hydrogen) atoms. The van der Waals surface area contributed by atoms with Crippen LogP contribution < -0.4 is 5.32 Å². The molecule has 0 fully saturated rings. The molecule has 1 unspecified atom stereocenters. The van der Waals surface area contributed by atoms with Crippen molar-refractivity contribution >= 4 is 11.6 Å². The van der Waals surface area contributed by atoms with Gasteiger partial charge in [0.05, 0.1) is 18.0 Å². The lowest BCUT2D eigenvalue weighted by Crippen LogP contribution is -2.34. The maximum atomic E-state index is 12.5. The van der Waals surface area contributed by atoms with Gasteiger partial charge in [0.15, 0.2) is 5.69 Å². The highest BCUT2D eigenvalue weighted by molar-refractivity contribution is 5.97. The Labute approximate surface area is 126 Å². The smallest absolute Gasteiger partial charge is 0.274 e. The number of anilines is 1. The topological polar surface area (TPSA) is 78.4 Å². The molecular weight excluding hydrogens is 268 g/mol. The predicted octanol–water partition coefficient (Wildman–Crippen LogP) is 1.87. The lowest BCUT2D eigenvalue weighted by Gasteiger charge is -2.20. The third kappa shape index (κ3) is 4.97. The number of aliphatic hydroxyl groups is 1. The summed E-state index contributed by atoms with van der Waals surface area (Å²) >= 11 is 0. The third-order valence-corrected chi connectivity index (χ3v) is 2.98. The molecular formula is C15H26N4O2. The average Bonchev–Trinajstić information content (AvgIpc) is 2.43. The highest BCUT2D eigenvalue weighted by atomic mass is 16.3. The summed E-state index contributed by atoms with van der Waals surface area (Å²) in [5, 5.41) is 12.6. The molecule has 118 valence electrons. The van der Waals surface area contributed by atoms with Gasteiger partial charge in [0.2, 0.25) is 0 Å². The summed E-state index contributed by atoms with van der Waals surface area (Å²) in [5.74, 6) is 0.587. The van der Waals surface area contributed by atoms with E-state index >= 15 is 0 Å². The fourth-order valence-corrected chi connectivity index (χ4v) is 1.89. The van der Waals surface area contributed by atoms with Crippen LogP contribution in [-0.2, 0) is 0 Å². The second-order valence-corrected chi connectivity index (χ2v) is 5.61.